The van der Waals surface area contributed by atoms with E-state index in [1.165, 1.54) is 31.4 Å². The Morgan fingerprint density at radius 2 is 1.64 bits per heavy atom. The first-order chi connectivity index (χ1) is 13.3. The third-order valence-corrected chi connectivity index (χ3v) is 5.12. The summed E-state index contributed by atoms with van der Waals surface area (Å²) in [6, 6.07) is 12.6. The van der Waals surface area contributed by atoms with E-state index in [2.05, 4.69) is 10.6 Å². The summed E-state index contributed by atoms with van der Waals surface area (Å²) >= 11 is 0. The predicted molar refractivity (Wildman–Crippen MR) is 102 cm³/mol. The van der Waals surface area contributed by atoms with Crippen LogP contribution in [0.5, 0.6) is 0 Å². The average molecular weight is 402 g/mol. The van der Waals surface area contributed by atoms with Crippen LogP contribution in [-0.4, -0.2) is 32.0 Å². The molecule has 0 radical (unpaired) electrons. The van der Waals surface area contributed by atoms with Gasteiger partial charge in [-0.2, -0.15) is 8.42 Å². The molecule has 0 saturated heterocycles. The molecule has 0 bridgehead atoms. The quantitative estimate of drug-likeness (QED) is 0.518. The fourth-order valence-corrected chi connectivity index (χ4v) is 3.29. The van der Waals surface area contributed by atoms with Crippen molar-refractivity contribution in [3.8, 4) is 0 Å². The monoisotopic (exact) mass is 402 g/mol. The van der Waals surface area contributed by atoms with Crippen molar-refractivity contribution in [2.45, 2.75) is 17.7 Å². The van der Waals surface area contributed by atoms with Crippen molar-refractivity contribution in [1.29, 1.82) is 0 Å². The van der Waals surface area contributed by atoms with Gasteiger partial charge < -0.3 is 15.4 Å². The van der Waals surface area contributed by atoms with E-state index in [0.717, 1.165) is 0 Å². The Morgan fingerprint density at radius 1 is 1.04 bits per heavy atom. The molecule has 0 atom stereocenters. The van der Waals surface area contributed by atoms with Crippen molar-refractivity contribution in [3.05, 3.63) is 65.4 Å². The van der Waals surface area contributed by atoms with Crippen LogP contribution in [-0.2, 0) is 30.9 Å². The summed E-state index contributed by atoms with van der Waals surface area (Å²) in [5.74, 6) is -0.885. The van der Waals surface area contributed by atoms with E-state index in [1.807, 2.05) is 0 Å². The first-order valence-corrected chi connectivity index (χ1v) is 9.74. The molecule has 0 unspecified atom stereocenters. The van der Waals surface area contributed by atoms with Gasteiger partial charge in [0.05, 0.1) is 29.8 Å². The number of carbonyl (C=O) groups is 2. The van der Waals surface area contributed by atoms with Gasteiger partial charge in [0.25, 0.3) is 16.0 Å². The number of hydrogen-bond donors (Lipinski definition) is 3. The Morgan fingerprint density at radius 3 is 2.21 bits per heavy atom. The minimum Gasteiger partial charge on any atom is -0.469 e. The average Bonchev–Trinajstić information content (AvgIpc) is 2.78. The van der Waals surface area contributed by atoms with Crippen molar-refractivity contribution < 1.29 is 27.3 Å². The zero-order chi connectivity index (χ0) is 20.3. The van der Waals surface area contributed by atoms with Crippen LogP contribution in [0, 0.1) is 0 Å². The second-order valence-electron chi connectivity index (χ2n) is 6.13. The highest BCUT2D eigenvalue weighted by molar-refractivity contribution is 7.85. The van der Waals surface area contributed by atoms with E-state index < -0.39 is 16.1 Å². The molecule has 2 aromatic rings. The molecule has 1 amide bonds. The van der Waals surface area contributed by atoms with E-state index in [-0.39, 0.29) is 23.6 Å². The number of carbonyl (C=O) groups excluding carboxylic acids is 2. The lowest BCUT2D eigenvalue weighted by molar-refractivity contribution is -0.139. The zero-order valence-electron chi connectivity index (χ0n) is 14.9. The van der Waals surface area contributed by atoms with E-state index >= 15 is 0 Å². The molecule has 3 N–H and O–H groups in total. The number of methoxy groups -OCH3 is 1. The topological polar surface area (TPSA) is 122 Å². The Bertz CT molecular complexity index is 1060. The zero-order valence-corrected chi connectivity index (χ0v) is 15.7. The van der Waals surface area contributed by atoms with Gasteiger partial charge in [-0.25, -0.2) is 0 Å². The molecule has 3 rings (SSSR count). The first-order valence-electron chi connectivity index (χ1n) is 8.30. The molecule has 0 fully saturated rings. The number of esters is 1. The van der Waals surface area contributed by atoms with Gasteiger partial charge in [-0.3, -0.25) is 14.1 Å². The summed E-state index contributed by atoms with van der Waals surface area (Å²) in [6.07, 6.45) is 0.0155. The summed E-state index contributed by atoms with van der Waals surface area (Å²) in [6.45, 7) is 0. The molecule has 0 spiro atoms. The molecule has 8 nitrogen and oxygen atoms in total. The predicted octanol–water partition coefficient (Wildman–Crippen LogP) is 2.36. The summed E-state index contributed by atoms with van der Waals surface area (Å²) in [5, 5.41) is 5.92. The van der Waals surface area contributed by atoms with Crippen molar-refractivity contribution in [1.82, 2.24) is 0 Å². The van der Waals surface area contributed by atoms with Crippen molar-refractivity contribution in [2.24, 2.45) is 0 Å². The minimum atomic E-state index is -4.30. The van der Waals surface area contributed by atoms with Gasteiger partial charge in [0.15, 0.2) is 0 Å². The van der Waals surface area contributed by atoms with Crippen LogP contribution >= 0.6 is 0 Å². The van der Waals surface area contributed by atoms with E-state index in [9.17, 15) is 18.0 Å². The number of ether oxygens (including phenoxy) is 1. The Labute approximate surface area is 162 Å². The molecule has 28 heavy (non-hydrogen) atoms. The van der Waals surface area contributed by atoms with E-state index in [1.54, 1.807) is 24.3 Å². The molecule has 2 aromatic carbocycles. The number of amides is 1. The van der Waals surface area contributed by atoms with Crippen LogP contribution in [0.4, 0.5) is 11.4 Å². The molecule has 146 valence electrons. The molecule has 0 saturated carbocycles. The highest BCUT2D eigenvalue weighted by Crippen LogP contribution is 2.30. The molecule has 9 heteroatoms. The summed E-state index contributed by atoms with van der Waals surface area (Å²) in [5.41, 5.74) is 2.57. The fourth-order valence-electron chi connectivity index (χ4n) is 2.81. The van der Waals surface area contributed by atoms with Gasteiger partial charge >= 0.3 is 5.97 Å². The van der Waals surface area contributed by atoms with Crippen molar-refractivity contribution in [3.63, 3.8) is 0 Å². The van der Waals surface area contributed by atoms with Gasteiger partial charge in [0.2, 0.25) is 0 Å². The maximum absolute atomic E-state index is 12.8. The first kappa shape index (κ1) is 19.6. The number of fused-ring (bicyclic) bond motifs is 1. The van der Waals surface area contributed by atoms with Crippen LogP contribution in [0.2, 0.25) is 0 Å². The minimum absolute atomic E-state index is 0.128. The second kappa shape index (κ2) is 7.83. The number of hydrogen-bond acceptors (Lipinski definition) is 6. The van der Waals surface area contributed by atoms with Gasteiger partial charge in [0, 0.05) is 17.7 Å². The summed E-state index contributed by atoms with van der Waals surface area (Å²) < 4.78 is 36.2. The SMILES string of the molecule is COC(=O)CC1=C(Cc2ccc(S(=O)(=O)O)cc2)C(=O)Nc2ccccc2N1. The van der Waals surface area contributed by atoms with Gasteiger partial charge in [-0.15, -0.1) is 0 Å². The second-order valence-corrected chi connectivity index (χ2v) is 7.55. The maximum Gasteiger partial charge on any atom is 0.311 e. The molecular formula is C19H18N2O6S. The Balaban J connectivity index is 1.98. The fraction of sp³-hybridized carbons (Fsp3) is 0.158. The lowest BCUT2D eigenvalue weighted by atomic mass is 10.0. The molecule has 1 heterocycles. The highest BCUT2D eigenvalue weighted by Gasteiger charge is 2.24. The van der Waals surface area contributed by atoms with Crippen LogP contribution in [0.1, 0.15) is 12.0 Å². The van der Waals surface area contributed by atoms with Gasteiger partial charge in [0.1, 0.15) is 0 Å². The number of nitrogens with one attached hydrogen (secondary N) is 2. The summed E-state index contributed by atoms with van der Waals surface area (Å²) in [4.78, 5) is 24.4. The standard InChI is InChI=1S/C19H18N2O6S/c1-27-18(22)11-17-14(10-12-6-8-13(9-7-12)28(24,25)26)19(23)21-16-5-3-2-4-15(16)20-17/h2-9,20H,10-11H2,1H3,(H,21,23)(H,24,25,26). The highest BCUT2D eigenvalue weighted by atomic mass is 32.2. The third kappa shape index (κ3) is 4.38. The molecule has 0 aliphatic carbocycles. The van der Waals surface area contributed by atoms with Crippen LogP contribution < -0.4 is 10.6 Å². The van der Waals surface area contributed by atoms with Crippen molar-refractivity contribution >= 4 is 33.4 Å². The number of anilines is 2. The Hall–Kier alpha value is -3.17. The third-order valence-electron chi connectivity index (χ3n) is 4.25. The lowest BCUT2D eigenvalue weighted by Crippen LogP contribution is -2.18. The molecule has 1 aliphatic rings. The number of rotatable bonds is 5. The van der Waals surface area contributed by atoms with Crippen molar-refractivity contribution in [2.75, 3.05) is 17.7 Å². The van der Waals surface area contributed by atoms with Gasteiger partial charge in [-0.1, -0.05) is 24.3 Å². The van der Waals surface area contributed by atoms with Gasteiger partial charge in [-0.05, 0) is 29.8 Å². The maximum atomic E-state index is 12.8. The molecule has 0 aromatic heterocycles. The van der Waals surface area contributed by atoms with E-state index in [0.29, 0.717) is 28.2 Å². The number of benzene rings is 2. The lowest BCUT2D eigenvalue weighted by Gasteiger charge is -2.13. The Kier molecular flexibility index (Phi) is 5.48. The molecule has 1 aliphatic heterocycles. The summed E-state index contributed by atoms with van der Waals surface area (Å²) in [7, 11) is -3.04. The van der Waals surface area contributed by atoms with Crippen LogP contribution in [0.15, 0.2) is 64.7 Å². The van der Waals surface area contributed by atoms with E-state index in [4.69, 9.17) is 9.29 Å². The normalized spacial score (nSPS) is 13.9. The van der Waals surface area contributed by atoms with Crippen LogP contribution in [0.3, 0.4) is 0 Å². The smallest absolute Gasteiger partial charge is 0.311 e. The molecular weight excluding hydrogens is 384 g/mol. The largest absolute Gasteiger partial charge is 0.469 e. The number of para-hydroxylation sites is 2. The van der Waals surface area contributed by atoms with Crippen LogP contribution in [0.25, 0.3) is 0 Å².